The zero-order chi connectivity index (χ0) is 44.4. The zero-order valence-electron chi connectivity index (χ0n) is 36.8. The number of hydroxylamine groups is 2. The number of carboxylic acid groups (broad SMARTS) is 1. The molecule has 1 aliphatic heterocycles. The highest BCUT2D eigenvalue weighted by Crippen LogP contribution is 2.30. The molecule has 1 aromatic heterocycles. The number of nitrogen functional groups attached to an aromatic ring is 1. The molecular weight excluding hydrogens is 761 g/mol. The fourth-order valence-corrected chi connectivity index (χ4v) is 6.54. The summed E-state index contributed by atoms with van der Waals surface area (Å²) < 4.78 is 5.67. The molecule has 7 N–H and O–H groups in total. The number of amides is 2. The molecule has 3 atom stereocenters. The van der Waals surface area contributed by atoms with Crippen LogP contribution in [0.3, 0.4) is 0 Å². The molecule has 1 aromatic carbocycles. The largest absolute Gasteiger partial charge is 0.481 e. The van der Waals surface area contributed by atoms with Gasteiger partial charge in [-0.2, -0.15) is 0 Å². The highest BCUT2D eigenvalue weighted by molar-refractivity contribution is 7.09. The predicted molar refractivity (Wildman–Crippen MR) is 234 cm³/mol. The molecule has 1 aliphatic rings. The number of rotatable bonds is 21. The number of hydrogen-bond acceptors (Lipinski definition) is 12. The number of primary amides is 1. The number of anilines is 1. The number of methoxy groups -OCH3 is 1. The van der Waals surface area contributed by atoms with E-state index in [2.05, 4.69) is 49.0 Å². The van der Waals surface area contributed by atoms with E-state index in [1.165, 1.54) is 50.6 Å². The van der Waals surface area contributed by atoms with Crippen molar-refractivity contribution < 1.29 is 38.7 Å². The Labute approximate surface area is 352 Å². The fraction of sp³-hybridized carbons (Fsp3) is 0.674. The smallest absolute Gasteiger partial charge is 0.309 e. The van der Waals surface area contributed by atoms with Crippen LogP contribution in [0.25, 0.3) is 0 Å². The SMILES string of the molecule is C1CCNCC1.CC=O.CCCCCON(C(=O)CCCC)C(CC(OC)c1nc(C=O)cs1)C(C)C.CNC(Cc1ccc(N)cc1)CC(C)(C)C(=O)O.NC=O. The lowest BCUT2D eigenvalue weighted by Gasteiger charge is -2.35. The molecule has 0 saturated carbocycles. The van der Waals surface area contributed by atoms with Crippen molar-refractivity contribution in [1.29, 1.82) is 0 Å². The fourth-order valence-electron chi connectivity index (χ4n) is 5.68. The van der Waals surface area contributed by atoms with Crippen LogP contribution in [0.4, 0.5) is 5.69 Å². The molecule has 1 saturated heterocycles. The van der Waals surface area contributed by atoms with E-state index in [4.69, 9.17) is 30.0 Å². The Morgan fingerprint density at radius 3 is 2.05 bits per heavy atom. The highest BCUT2D eigenvalue weighted by atomic mass is 32.1. The van der Waals surface area contributed by atoms with Gasteiger partial charge in [-0.15, -0.1) is 11.3 Å². The molecule has 2 aromatic rings. The third-order valence-corrected chi connectivity index (χ3v) is 10.1. The number of nitrogens with zero attached hydrogens (tertiary/aromatic N) is 2. The lowest BCUT2D eigenvalue weighted by Crippen LogP contribution is -2.44. The number of hydrogen-bond donors (Lipinski definition) is 5. The first-order chi connectivity index (χ1) is 27.7. The van der Waals surface area contributed by atoms with Gasteiger partial charge in [-0.3, -0.25) is 24.0 Å². The van der Waals surface area contributed by atoms with Gasteiger partial charge in [0.2, 0.25) is 12.3 Å². The number of ether oxygens (including phenoxy) is 1. The average Bonchev–Trinajstić information content (AvgIpc) is 3.69. The molecule has 3 rings (SSSR count). The van der Waals surface area contributed by atoms with Crippen LogP contribution in [0.15, 0.2) is 29.6 Å². The minimum atomic E-state index is -0.764. The molecule has 58 heavy (non-hydrogen) atoms. The van der Waals surface area contributed by atoms with Crippen LogP contribution in [0, 0.1) is 11.3 Å². The molecule has 0 aliphatic carbocycles. The molecule has 14 nitrogen and oxygen atoms in total. The van der Waals surface area contributed by atoms with Gasteiger partial charge in [0.25, 0.3) is 0 Å². The Kier molecular flexibility index (Phi) is 34.2. The van der Waals surface area contributed by atoms with Crippen molar-refractivity contribution in [3.8, 4) is 0 Å². The highest BCUT2D eigenvalue weighted by Gasteiger charge is 2.32. The van der Waals surface area contributed by atoms with Crippen LogP contribution >= 0.6 is 11.3 Å². The summed E-state index contributed by atoms with van der Waals surface area (Å²) in [5.41, 5.74) is 11.4. The van der Waals surface area contributed by atoms with Gasteiger partial charge in [0.05, 0.1) is 18.1 Å². The van der Waals surface area contributed by atoms with Gasteiger partial charge in [0, 0.05) is 37.1 Å². The maximum Gasteiger partial charge on any atom is 0.309 e. The van der Waals surface area contributed by atoms with Gasteiger partial charge in [0.1, 0.15) is 23.1 Å². The molecule has 3 unspecified atom stereocenters. The number of carbonyl (C=O) groups is 5. The van der Waals surface area contributed by atoms with Gasteiger partial charge in [0.15, 0.2) is 6.29 Å². The number of nitrogens with two attached hydrogens (primary N) is 2. The third-order valence-electron chi connectivity index (χ3n) is 9.13. The van der Waals surface area contributed by atoms with E-state index in [1.807, 2.05) is 31.3 Å². The number of nitrogens with one attached hydrogen (secondary N) is 2. The Balaban J connectivity index is 0. The van der Waals surface area contributed by atoms with Crippen LogP contribution in [-0.4, -0.2) is 92.0 Å². The summed E-state index contributed by atoms with van der Waals surface area (Å²) in [5, 5.41) is 19.7. The molecule has 0 spiro atoms. The van der Waals surface area contributed by atoms with Crippen molar-refractivity contribution in [1.82, 2.24) is 20.7 Å². The second kappa shape index (κ2) is 35.2. The lowest BCUT2D eigenvalue weighted by atomic mass is 9.84. The number of thiazole rings is 1. The van der Waals surface area contributed by atoms with Crippen molar-refractivity contribution in [3.63, 3.8) is 0 Å². The van der Waals surface area contributed by atoms with E-state index in [1.54, 1.807) is 31.4 Å². The minimum absolute atomic E-state index is 0.0274. The Hall–Kier alpha value is -3.76. The van der Waals surface area contributed by atoms with Crippen molar-refractivity contribution in [2.24, 2.45) is 17.1 Å². The van der Waals surface area contributed by atoms with Crippen LogP contribution in [0.5, 0.6) is 0 Å². The summed E-state index contributed by atoms with van der Waals surface area (Å²) >= 11 is 1.41. The standard InChI is InChI=1S/C21H36N2O4S.C14H22N2O2.C5H11N.C2H4O.CH3NO/c1-6-8-10-12-27-23(20(25)11-9-7-2)18(16(3)4)13-19(26-5)21-22-17(14-24)15-28-21;1-14(2,13(17)18)9-12(16-3)8-10-4-6-11(15)7-5-10;1-2-4-6-5-3-1;1-2-3;2-1-3/h14-16,18-19H,6-13H2,1-5H3;4-7,12,16H,8-9,15H2,1-3H3,(H,17,18);6H,1-5H2;2H,1H3;1H,(H2,2,3). The lowest BCUT2D eigenvalue weighted by molar-refractivity contribution is -0.210. The normalized spacial score (nSPS) is 13.6. The van der Waals surface area contributed by atoms with Gasteiger partial charge < -0.3 is 36.7 Å². The number of aromatic nitrogens is 1. The van der Waals surface area contributed by atoms with Gasteiger partial charge in [-0.05, 0) is 103 Å². The maximum atomic E-state index is 12.9. The van der Waals surface area contributed by atoms with E-state index < -0.39 is 11.4 Å². The van der Waals surface area contributed by atoms with Crippen molar-refractivity contribution in [2.75, 3.05) is 39.6 Å². The van der Waals surface area contributed by atoms with E-state index >= 15 is 0 Å². The molecule has 1 fully saturated rings. The van der Waals surface area contributed by atoms with Crippen molar-refractivity contribution in [2.45, 2.75) is 144 Å². The second-order valence-electron chi connectivity index (χ2n) is 14.9. The van der Waals surface area contributed by atoms with E-state index in [0.29, 0.717) is 31.6 Å². The van der Waals surface area contributed by atoms with E-state index in [9.17, 15) is 14.4 Å². The number of likely N-dealkylation sites (N-methyl/N-ethyl adjacent to an activating group) is 1. The van der Waals surface area contributed by atoms with E-state index in [0.717, 1.165) is 67.4 Å². The minimum Gasteiger partial charge on any atom is -0.481 e. The monoisotopic (exact) mass is 837 g/mol. The summed E-state index contributed by atoms with van der Waals surface area (Å²) in [6.07, 6.45) is 13.1. The van der Waals surface area contributed by atoms with Crippen molar-refractivity contribution in [3.05, 3.63) is 45.9 Å². The predicted octanol–water partition coefficient (Wildman–Crippen LogP) is 7.17. The molecular formula is C43H76N6O8S. The van der Waals surface area contributed by atoms with Crippen LogP contribution in [0.1, 0.15) is 146 Å². The number of carboxylic acids is 1. The summed E-state index contributed by atoms with van der Waals surface area (Å²) in [4.78, 5) is 62.7. The molecule has 2 amide bonds. The van der Waals surface area contributed by atoms with E-state index in [-0.39, 0.29) is 36.4 Å². The number of benzene rings is 1. The van der Waals surface area contributed by atoms with Crippen molar-refractivity contribution >= 4 is 47.9 Å². The summed E-state index contributed by atoms with van der Waals surface area (Å²) in [5.74, 6) is -0.542. The summed E-state index contributed by atoms with van der Waals surface area (Å²) in [6.45, 7) is 16.4. The Bertz CT molecular complexity index is 1340. The first kappa shape index (κ1) is 56.3. The molecule has 2 heterocycles. The quantitative estimate of drug-likeness (QED) is 0.0366. The number of aldehydes is 2. The van der Waals surface area contributed by atoms with Crippen LogP contribution in [0.2, 0.25) is 0 Å². The van der Waals surface area contributed by atoms with Crippen LogP contribution < -0.4 is 22.1 Å². The average molecular weight is 837 g/mol. The third kappa shape index (κ3) is 26.3. The Morgan fingerprint density at radius 1 is 1.05 bits per heavy atom. The molecule has 0 bridgehead atoms. The van der Waals surface area contributed by atoms with Gasteiger partial charge in [-0.1, -0.05) is 65.5 Å². The second-order valence-corrected chi connectivity index (χ2v) is 15.8. The number of aliphatic carboxylic acids is 1. The number of unbranched alkanes of at least 4 members (excludes halogenated alkanes) is 3. The van der Waals surface area contributed by atoms with Crippen LogP contribution in [-0.2, 0) is 35.2 Å². The summed E-state index contributed by atoms with van der Waals surface area (Å²) in [7, 11) is 3.50. The first-order valence-electron chi connectivity index (χ1n) is 20.6. The molecule has 0 radical (unpaired) electrons. The van der Waals surface area contributed by atoms with Gasteiger partial charge >= 0.3 is 5.97 Å². The number of carbonyl (C=O) groups excluding carboxylic acids is 4. The van der Waals surface area contributed by atoms with Gasteiger partial charge in [-0.25, -0.2) is 10.0 Å². The molecule has 15 heteroatoms. The summed E-state index contributed by atoms with van der Waals surface area (Å²) in [6, 6.07) is 7.70. The maximum absolute atomic E-state index is 12.9. The zero-order valence-corrected chi connectivity index (χ0v) is 37.6. The number of piperidine rings is 1. The molecule has 332 valence electrons. The first-order valence-corrected chi connectivity index (χ1v) is 21.4. The topological polar surface area (TPSA) is 216 Å². The Morgan fingerprint density at radius 2 is 1.64 bits per heavy atom.